The van der Waals surface area contributed by atoms with E-state index in [1.54, 1.807) is 7.11 Å². The van der Waals surface area contributed by atoms with Gasteiger partial charge in [0.2, 0.25) is 0 Å². The van der Waals surface area contributed by atoms with Crippen molar-refractivity contribution in [3.8, 4) is 11.5 Å². The Balaban J connectivity index is 2.10. The Morgan fingerprint density at radius 3 is 2.75 bits per heavy atom. The van der Waals surface area contributed by atoms with Gasteiger partial charge in [0.1, 0.15) is 18.1 Å². The second kappa shape index (κ2) is 6.91. The fourth-order valence-corrected chi connectivity index (χ4v) is 2.05. The van der Waals surface area contributed by atoms with Gasteiger partial charge in [-0.25, -0.2) is 0 Å². The first-order valence-corrected chi connectivity index (χ1v) is 6.65. The number of aryl methyl sites for hydroxylation is 1. The summed E-state index contributed by atoms with van der Waals surface area (Å²) < 4.78 is 11.1. The van der Waals surface area contributed by atoms with Gasteiger partial charge in [-0.15, -0.1) is 0 Å². The Hall–Kier alpha value is -2.07. The van der Waals surface area contributed by atoms with E-state index >= 15 is 0 Å². The number of nitrogens with zero attached hydrogens (tertiary/aromatic N) is 1. The topological polar surface area (TPSA) is 57.4 Å². The third-order valence-corrected chi connectivity index (χ3v) is 2.98. The van der Waals surface area contributed by atoms with Gasteiger partial charge in [0.05, 0.1) is 12.8 Å². The van der Waals surface area contributed by atoms with Gasteiger partial charge in [0.25, 0.3) is 0 Å². The molecule has 0 atom stereocenters. The minimum absolute atomic E-state index is 0.416. The molecule has 4 nitrogen and oxygen atoms in total. The van der Waals surface area contributed by atoms with Crippen LogP contribution in [0.5, 0.6) is 11.5 Å². The van der Waals surface area contributed by atoms with Gasteiger partial charge in [-0.3, -0.25) is 4.98 Å². The first-order chi connectivity index (χ1) is 9.72. The van der Waals surface area contributed by atoms with Crippen molar-refractivity contribution < 1.29 is 9.47 Å². The van der Waals surface area contributed by atoms with Crippen LogP contribution in [-0.2, 0) is 13.0 Å². The minimum atomic E-state index is 0.416. The summed E-state index contributed by atoms with van der Waals surface area (Å²) in [4.78, 5) is 4.44. The number of aromatic nitrogens is 1. The maximum atomic E-state index is 5.86. The third kappa shape index (κ3) is 3.71. The number of ether oxygens (including phenoxy) is 2. The maximum absolute atomic E-state index is 5.86. The average Bonchev–Trinajstić information content (AvgIpc) is 2.46. The van der Waals surface area contributed by atoms with Crippen LogP contribution in [0.4, 0.5) is 0 Å². The van der Waals surface area contributed by atoms with Crippen LogP contribution in [0.3, 0.4) is 0 Å². The molecule has 0 aliphatic rings. The second-order valence-electron chi connectivity index (χ2n) is 4.57. The van der Waals surface area contributed by atoms with E-state index in [1.807, 2.05) is 43.3 Å². The van der Waals surface area contributed by atoms with E-state index in [0.717, 1.165) is 34.9 Å². The number of rotatable bonds is 6. The van der Waals surface area contributed by atoms with Crippen molar-refractivity contribution in [1.29, 1.82) is 0 Å². The molecule has 1 heterocycles. The molecule has 2 rings (SSSR count). The van der Waals surface area contributed by atoms with Gasteiger partial charge in [-0.2, -0.15) is 0 Å². The van der Waals surface area contributed by atoms with Gasteiger partial charge in [-0.1, -0.05) is 18.2 Å². The van der Waals surface area contributed by atoms with Crippen molar-refractivity contribution >= 4 is 0 Å². The van der Waals surface area contributed by atoms with Crippen molar-refractivity contribution in [1.82, 2.24) is 4.98 Å². The lowest BCUT2D eigenvalue weighted by Crippen LogP contribution is -2.06. The fourth-order valence-electron chi connectivity index (χ4n) is 2.05. The van der Waals surface area contributed by atoms with Crippen molar-refractivity contribution in [2.24, 2.45) is 5.73 Å². The van der Waals surface area contributed by atoms with E-state index < -0.39 is 0 Å². The number of hydrogen-bond acceptors (Lipinski definition) is 4. The zero-order valence-corrected chi connectivity index (χ0v) is 11.9. The first kappa shape index (κ1) is 14.3. The fraction of sp³-hybridized carbons (Fsp3) is 0.312. The van der Waals surface area contributed by atoms with Crippen LogP contribution in [0.25, 0.3) is 0 Å². The molecule has 0 saturated heterocycles. The second-order valence-corrected chi connectivity index (χ2v) is 4.57. The molecule has 0 radical (unpaired) electrons. The molecule has 0 aliphatic carbocycles. The molecule has 2 aromatic rings. The largest absolute Gasteiger partial charge is 0.497 e. The van der Waals surface area contributed by atoms with Crippen molar-refractivity contribution in [2.75, 3.05) is 13.7 Å². The number of hydrogen-bond donors (Lipinski definition) is 1. The normalized spacial score (nSPS) is 10.3. The van der Waals surface area contributed by atoms with Gasteiger partial charge < -0.3 is 15.2 Å². The minimum Gasteiger partial charge on any atom is -0.497 e. The molecule has 0 fully saturated rings. The summed E-state index contributed by atoms with van der Waals surface area (Å²) in [6, 6.07) is 11.7. The molecule has 106 valence electrons. The van der Waals surface area contributed by atoms with E-state index in [-0.39, 0.29) is 0 Å². The predicted octanol–water partition coefficient (Wildman–Crippen LogP) is 2.48. The van der Waals surface area contributed by atoms with Crippen molar-refractivity contribution in [2.45, 2.75) is 20.0 Å². The molecule has 1 aromatic carbocycles. The Labute approximate surface area is 119 Å². The van der Waals surface area contributed by atoms with E-state index in [4.69, 9.17) is 15.2 Å². The molecule has 0 saturated carbocycles. The zero-order valence-electron chi connectivity index (χ0n) is 11.9. The number of benzene rings is 1. The molecule has 1 aromatic heterocycles. The summed E-state index contributed by atoms with van der Waals surface area (Å²) in [6.07, 6.45) is 0.806. The quantitative estimate of drug-likeness (QED) is 0.877. The van der Waals surface area contributed by atoms with Crippen molar-refractivity contribution in [3.63, 3.8) is 0 Å². The summed E-state index contributed by atoms with van der Waals surface area (Å²) in [5.41, 5.74) is 8.50. The van der Waals surface area contributed by atoms with Gasteiger partial charge in [0, 0.05) is 17.8 Å². The summed E-state index contributed by atoms with van der Waals surface area (Å²) in [5.74, 6) is 1.66. The van der Waals surface area contributed by atoms with Crippen molar-refractivity contribution in [3.05, 3.63) is 53.3 Å². The van der Waals surface area contributed by atoms with Gasteiger partial charge >= 0.3 is 0 Å². The number of nitrogens with two attached hydrogens (primary N) is 1. The Morgan fingerprint density at radius 1 is 1.20 bits per heavy atom. The molecule has 0 spiro atoms. The van der Waals surface area contributed by atoms with E-state index in [9.17, 15) is 0 Å². The number of para-hydroxylation sites is 1. The van der Waals surface area contributed by atoms with Crippen LogP contribution in [0, 0.1) is 6.92 Å². The highest BCUT2D eigenvalue weighted by molar-refractivity contribution is 5.34. The van der Waals surface area contributed by atoms with Gasteiger partial charge in [0.15, 0.2) is 0 Å². The molecule has 0 unspecified atom stereocenters. The highest BCUT2D eigenvalue weighted by atomic mass is 16.5. The van der Waals surface area contributed by atoms with Crippen LogP contribution in [0.2, 0.25) is 0 Å². The molecular weight excluding hydrogens is 252 g/mol. The van der Waals surface area contributed by atoms with Crippen LogP contribution < -0.4 is 15.2 Å². The lowest BCUT2D eigenvalue weighted by molar-refractivity contribution is 0.296. The summed E-state index contributed by atoms with van der Waals surface area (Å²) in [7, 11) is 1.65. The number of methoxy groups -OCH3 is 1. The lowest BCUT2D eigenvalue weighted by Gasteiger charge is -2.11. The summed E-state index contributed by atoms with van der Waals surface area (Å²) >= 11 is 0. The first-order valence-electron chi connectivity index (χ1n) is 6.65. The smallest absolute Gasteiger partial charge is 0.130 e. The molecule has 0 amide bonds. The van der Waals surface area contributed by atoms with E-state index in [2.05, 4.69) is 4.98 Å². The van der Waals surface area contributed by atoms with E-state index in [1.165, 1.54) is 0 Å². The van der Waals surface area contributed by atoms with Crippen LogP contribution in [0.1, 0.15) is 17.0 Å². The predicted molar refractivity (Wildman–Crippen MR) is 79.1 cm³/mol. The standard InChI is InChI=1S/C16H20N2O2/c1-12-9-15(19-2)10-14(18-12)11-20-16-6-4-3-5-13(16)7-8-17/h3-6,9-10H,7-8,11,17H2,1-2H3. The third-order valence-electron chi connectivity index (χ3n) is 2.98. The molecule has 4 heteroatoms. The molecular formula is C16H20N2O2. The maximum Gasteiger partial charge on any atom is 0.130 e. The monoisotopic (exact) mass is 272 g/mol. The number of pyridine rings is 1. The van der Waals surface area contributed by atoms with Crippen LogP contribution in [-0.4, -0.2) is 18.6 Å². The summed E-state index contributed by atoms with van der Waals surface area (Å²) in [5, 5.41) is 0. The molecule has 20 heavy (non-hydrogen) atoms. The van der Waals surface area contributed by atoms with E-state index in [0.29, 0.717) is 13.2 Å². The Morgan fingerprint density at radius 2 is 2.00 bits per heavy atom. The molecule has 2 N–H and O–H groups in total. The zero-order chi connectivity index (χ0) is 14.4. The highest BCUT2D eigenvalue weighted by Gasteiger charge is 2.05. The lowest BCUT2D eigenvalue weighted by atomic mass is 10.1. The average molecular weight is 272 g/mol. The molecule has 0 aliphatic heterocycles. The summed E-state index contributed by atoms with van der Waals surface area (Å²) in [6.45, 7) is 2.96. The SMILES string of the molecule is COc1cc(C)nc(COc2ccccc2CCN)c1. The van der Waals surface area contributed by atoms with Gasteiger partial charge in [-0.05, 0) is 31.5 Å². The molecule has 0 bridgehead atoms. The van der Waals surface area contributed by atoms with Crippen LogP contribution >= 0.6 is 0 Å². The van der Waals surface area contributed by atoms with Crippen LogP contribution in [0.15, 0.2) is 36.4 Å². The Kier molecular flexibility index (Phi) is 4.96. The highest BCUT2D eigenvalue weighted by Crippen LogP contribution is 2.20. The Bertz CT molecular complexity index is 570.